The number of anilines is 1. The Bertz CT molecular complexity index is 295. The number of hydrogen-bond acceptors (Lipinski definition) is 4. The van der Waals surface area contributed by atoms with Crippen LogP contribution in [0.3, 0.4) is 0 Å². The van der Waals surface area contributed by atoms with E-state index in [9.17, 15) is 0 Å². The maximum absolute atomic E-state index is 5.67. The highest BCUT2D eigenvalue weighted by molar-refractivity contribution is 7.15. The van der Waals surface area contributed by atoms with Crippen LogP contribution in [-0.2, 0) is 6.42 Å². The third-order valence-corrected chi connectivity index (χ3v) is 3.45. The molecule has 0 fully saturated rings. The SMILES string of the molecule is CCNCC1CCc2sc(N)nc21. The summed E-state index contributed by atoms with van der Waals surface area (Å²) >= 11 is 1.65. The van der Waals surface area contributed by atoms with Crippen LogP contribution in [0.15, 0.2) is 0 Å². The summed E-state index contributed by atoms with van der Waals surface area (Å²) < 4.78 is 0. The number of likely N-dealkylation sites (N-methyl/N-ethyl adjacent to an activating group) is 1. The van der Waals surface area contributed by atoms with Crippen molar-refractivity contribution in [2.24, 2.45) is 0 Å². The van der Waals surface area contributed by atoms with Gasteiger partial charge in [0.1, 0.15) is 0 Å². The Morgan fingerprint density at radius 1 is 1.69 bits per heavy atom. The van der Waals surface area contributed by atoms with Crippen LogP contribution in [0, 0.1) is 0 Å². The van der Waals surface area contributed by atoms with Gasteiger partial charge in [-0.15, -0.1) is 11.3 Å². The highest BCUT2D eigenvalue weighted by Gasteiger charge is 2.25. The fraction of sp³-hybridized carbons (Fsp3) is 0.667. The Morgan fingerprint density at radius 2 is 2.54 bits per heavy atom. The highest BCUT2D eigenvalue weighted by Crippen LogP contribution is 2.36. The predicted molar refractivity (Wildman–Crippen MR) is 56.1 cm³/mol. The Kier molecular flexibility index (Phi) is 2.51. The van der Waals surface area contributed by atoms with E-state index < -0.39 is 0 Å². The van der Waals surface area contributed by atoms with Crippen molar-refractivity contribution >= 4 is 16.5 Å². The second-order valence-electron chi connectivity index (χ2n) is 3.40. The molecule has 1 aromatic heterocycles. The monoisotopic (exact) mass is 197 g/mol. The zero-order chi connectivity index (χ0) is 9.26. The number of thiazole rings is 1. The van der Waals surface area contributed by atoms with Crippen LogP contribution in [0.25, 0.3) is 0 Å². The van der Waals surface area contributed by atoms with Gasteiger partial charge in [0.25, 0.3) is 0 Å². The molecule has 0 aliphatic heterocycles. The third-order valence-electron chi connectivity index (χ3n) is 2.49. The van der Waals surface area contributed by atoms with Crippen LogP contribution >= 0.6 is 11.3 Å². The van der Waals surface area contributed by atoms with Crippen LogP contribution < -0.4 is 11.1 Å². The molecule has 0 spiro atoms. The number of fused-ring (bicyclic) bond motifs is 1. The lowest BCUT2D eigenvalue weighted by Crippen LogP contribution is -2.20. The van der Waals surface area contributed by atoms with Crippen LogP contribution in [0.2, 0.25) is 0 Å². The average Bonchev–Trinajstić information content (AvgIpc) is 2.61. The molecule has 1 aliphatic carbocycles. The smallest absolute Gasteiger partial charge is 0.180 e. The number of aromatic nitrogens is 1. The molecule has 1 heterocycles. The minimum Gasteiger partial charge on any atom is -0.375 e. The molecule has 1 unspecified atom stereocenters. The number of nitrogens with two attached hydrogens (primary N) is 1. The van der Waals surface area contributed by atoms with Gasteiger partial charge >= 0.3 is 0 Å². The first-order chi connectivity index (χ1) is 6.31. The number of nitrogens with zero attached hydrogens (tertiary/aromatic N) is 1. The molecule has 72 valence electrons. The molecule has 0 radical (unpaired) electrons. The van der Waals surface area contributed by atoms with Gasteiger partial charge in [-0.2, -0.15) is 0 Å². The minimum atomic E-state index is 0.600. The van der Waals surface area contributed by atoms with E-state index in [-0.39, 0.29) is 0 Å². The van der Waals surface area contributed by atoms with Gasteiger partial charge in [0.05, 0.1) is 5.69 Å². The van der Waals surface area contributed by atoms with Crippen LogP contribution in [0.1, 0.15) is 29.8 Å². The molecule has 1 aromatic rings. The molecular weight excluding hydrogens is 182 g/mol. The number of nitrogens with one attached hydrogen (secondary N) is 1. The second kappa shape index (κ2) is 3.64. The first-order valence-electron chi connectivity index (χ1n) is 4.77. The van der Waals surface area contributed by atoms with Gasteiger partial charge in [-0.3, -0.25) is 0 Å². The lowest BCUT2D eigenvalue weighted by Gasteiger charge is -2.08. The lowest BCUT2D eigenvalue weighted by atomic mass is 10.1. The largest absolute Gasteiger partial charge is 0.375 e. The molecule has 1 aliphatic rings. The van der Waals surface area contributed by atoms with Gasteiger partial charge < -0.3 is 11.1 Å². The average molecular weight is 197 g/mol. The summed E-state index contributed by atoms with van der Waals surface area (Å²) in [6.07, 6.45) is 2.40. The summed E-state index contributed by atoms with van der Waals surface area (Å²) in [5, 5.41) is 4.09. The molecule has 0 amide bonds. The van der Waals surface area contributed by atoms with Crippen LogP contribution in [0.5, 0.6) is 0 Å². The molecule has 3 N–H and O–H groups in total. The maximum Gasteiger partial charge on any atom is 0.180 e. The van der Waals surface area contributed by atoms with E-state index in [1.54, 1.807) is 11.3 Å². The van der Waals surface area contributed by atoms with Gasteiger partial charge in [-0.25, -0.2) is 4.98 Å². The van der Waals surface area contributed by atoms with Crippen LogP contribution in [0.4, 0.5) is 5.13 Å². The van der Waals surface area contributed by atoms with Gasteiger partial charge in [0.15, 0.2) is 5.13 Å². The van der Waals surface area contributed by atoms with Crippen molar-refractivity contribution < 1.29 is 0 Å². The Morgan fingerprint density at radius 3 is 3.31 bits per heavy atom. The van der Waals surface area contributed by atoms with Gasteiger partial charge in [0.2, 0.25) is 0 Å². The van der Waals surface area contributed by atoms with Crippen molar-refractivity contribution in [2.45, 2.75) is 25.7 Å². The quantitative estimate of drug-likeness (QED) is 0.769. The van der Waals surface area contributed by atoms with E-state index in [2.05, 4.69) is 17.2 Å². The zero-order valence-corrected chi connectivity index (χ0v) is 8.66. The summed E-state index contributed by atoms with van der Waals surface area (Å²) in [5.41, 5.74) is 6.92. The molecule has 13 heavy (non-hydrogen) atoms. The van der Waals surface area contributed by atoms with Crippen molar-refractivity contribution in [3.63, 3.8) is 0 Å². The Balaban J connectivity index is 2.08. The van der Waals surface area contributed by atoms with Crippen molar-refractivity contribution in [1.82, 2.24) is 10.3 Å². The summed E-state index contributed by atoms with van der Waals surface area (Å²) in [4.78, 5) is 5.78. The molecule has 3 nitrogen and oxygen atoms in total. The van der Waals surface area contributed by atoms with Crippen molar-refractivity contribution in [1.29, 1.82) is 0 Å². The normalized spacial score (nSPS) is 20.5. The molecule has 0 aromatic carbocycles. The van der Waals surface area contributed by atoms with Gasteiger partial charge in [-0.1, -0.05) is 6.92 Å². The van der Waals surface area contributed by atoms with E-state index in [0.29, 0.717) is 5.92 Å². The van der Waals surface area contributed by atoms with Gasteiger partial charge in [-0.05, 0) is 19.4 Å². The third kappa shape index (κ3) is 1.69. The second-order valence-corrected chi connectivity index (χ2v) is 4.52. The lowest BCUT2D eigenvalue weighted by molar-refractivity contribution is 0.585. The summed E-state index contributed by atoms with van der Waals surface area (Å²) in [7, 11) is 0. The molecule has 2 rings (SSSR count). The van der Waals surface area contributed by atoms with E-state index in [4.69, 9.17) is 5.73 Å². The van der Waals surface area contributed by atoms with E-state index >= 15 is 0 Å². The van der Waals surface area contributed by atoms with E-state index in [0.717, 1.165) is 18.2 Å². The molecule has 0 saturated heterocycles. The number of nitrogen functional groups attached to an aromatic ring is 1. The van der Waals surface area contributed by atoms with Gasteiger partial charge in [0, 0.05) is 17.3 Å². The Hall–Kier alpha value is -0.610. The molecule has 1 atom stereocenters. The topological polar surface area (TPSA) is 50.9 Å². The number of hydrogen-bond donors (Lipinski definition) is 2. The molecule has 4 heteroatoms. The summed E-state index contributed by atoms with van der Waals surface area (Å²) in [6.45, 7) is 4.21. The molecule has 0 bridgehead atoms. The van der Waals surface area contributed by atoms with E-state index in [1.807, 2.05) is 0 Å². The van der Waals surface area contributed by atoms with E-state index in [1.165, 1.54) is 23.4 Å². The molecule has 0 saturated carbocycles. The predicted octanol–water partition coefficient (Wildman–Crippen LogP) is 1.36. The van der Waals surface area contributed by atoms with Crippen molar-refractivity contribution in [3.8, 4) is 0 Å². The van der Waals surface area contributed by atoms with Crippen molar-refractivity contribution in [3.05, 3.63) is 10.6 Å². The summed E-state index contributed by atoms with van der Waals surface area (Å²) in [6, 6.07) is 0. The fourth-order valence-electron chi connectivity index (χ4n) is 1.84. The first kappa shape index (κ1) is 8.97. The highest BCUT2D eigenvalue weighted by atomic mass is 32.1. The standard InChI is InChI=1S/C9H15N3S/c1-2-11-5-6-3-4-7-8(6)12-9(10)13-7/h6,11H,2-5H2,1H3,(H2,10,12). The molecular formula is C9H15N3S. The zero-order valence-electron chi connectivity index (χ0n) is 7.84. The Labute approximate surface area is 82.4 Å². The minimum absolute atomic E-state index is 0.600. The first-order valence-corrected chi connectivity index (χ1v) is 5.58. The fourth-order valence-corrected chi connectivity index (χ4v) is 2.77. The maximum atomic E-state index is 5.67. The number of aryl methyl sites for hydroxylation is 1. The number of rotatable bonds is 3. The van der Waals surface area contributed by atoms with Crippen molar-refractivity contribution in [2.75, 3.05) is 18.8 Å². The van der Waals surface area contributed by atoms with Crippen LogP contribution in [-0.4, -0.2) is 18.1 Å². The summed E-state index contributed by atoms with van der Waals surface area (Å²) in [5.74, 6) is 0.600.